The molecule has 0 bridgehead atoms. The summed E-state index contributed by atoms with van der Waals surface area (Å²) in [5, 5.41) is 13.0. The van der Waals surface area contributed by atoms with Crippen LogP contribution in [0.3, 0.4) is 0 Å². The van der Waals surface area contributed by atoms with E-state index in [2.05, 4.69) is 10.3 Å². The van der Waals surface area contributed by atoms with Crippen molar-refractivity contribution in [2.45, 2.75) is 20.2 Å². The van der Waals surface area contributed by atoms with Gasteiger partial charge >= 0.3 is 0 Å². The Bertz CT molecular complexity index is 1660. The molecule has 33 heavy (non-hydrogen) atoms. The molecular weight excluding hydrogens is 419 g/mol. The maximum atomic E-state index is 13.9. The van der Waals surface area contributed by atoms with Gasteiger partial charge < -0.3 is 15.0 Å². The van der Waals surface area contributed by atoms with Crippen molar-refractivity contribution in [3.05, 3.63) is 71.2 Å². The first-order chi connectivity index (χ1) is 20.1. The van der Waals surface area contributed by atoms with Crippen molar-refractivity contribution < 1.29 is 29.0 Å². The first kappa shape index (κ1) is 13.1. The van der Waals surface area contributed by atoms with Crippen molar-refractivity contribution in [3.63, 3.8) is 0 Å². The van der Waals surface area contributed by atoms with Gasteiger partial charge in [0.1, 0.15) is 17.6 Å². The second-order valence-corrected chi connectivity index (χ2v) is 7.01. The molecule has 0 unspecified atom stereocenters. The van der Waals surface area contributed by atoms with Gasteiger partial charge in [-0.15, -0.1) is 0 Å². The van der Waals surface area contributed by atoms with E-state index in [1.54, 1.807) is 0 Å². The van der Waals surface area contributed by atoms with Gasteiger partial charge in [-0.25, -0.2) is 4.39 Å². The zero-order valence-corrected chi connectivity index (χ0v) is 17.8. The van der Waals surface area contributed by atoms with Crippen molar-refractivity contribution >= 4 is 28.1 Å². The zero-order valence-electron chi connectivity index (χ0n) is 28.8. The number of halogens is 1. The summed E-state index contributed by atoms with van der Waals surface area (Å²) < 4.78 is 104. The second kappa shape index (κ2) is 10.7. The number of nitrogens with zero attached hydrogens (tertiary/aromatic N) is 3. The van der Waals surface area contributed by atoms with Crippen molar-refractivity contribution in [1.29, 1.82) is 5.26 Å². The number of aryl methyl sites for hydroxylation is 1. The van der Waals surface area contributed by atoms with Gasteiger partial charge in [0.2, 0.25) is 0 Å². The van der Waals surface area contributed by atoms with Crippen molar-refractivity contribution in [3.8, 4) is 11.8 Å². The Morgan fingerprint density at radius 1 is 1.45 bits per heavy atom. The largest absolute Gasteiger partial charge is 0.494 e. The lowest BCUT2D eigenvalue weighted by molar-refractivity contribution is -0.114. The quantitative estimate of drug-likeness (QED) is 0.459. The number of nitriles is 1. The van der Waals surface area contributed by atoms with Gasteiger partial charge in [-0.2, -0.15) is 5.26 Å². The lowest BCUT2D eigenvalue weighted by Gasteiger charge is -2.15. The monoisotopic (exact) mass is 457 g/mol. The highest BCUT2D eigenvalue weighted by Crippen LogP contribution is 2.34. The molecule has 1 aromatic heterocycles. The van der Waals surface area contributed by atoms with Crippen molar-refractivity contribution in [2.75, 3.05) is 32.4 Å². The molecule has 0 aliphatic carbocycles. The fourth-order valence-corrected chi connectivity index (χ4v) is 3.07. The maximum Gasteiger partial charge on any atom is 0.159 e. The number of carbonyl (C=O) groups excluding carboxylic acids is 1. The van der Waals surface area contributed by atoms with Crippen LogP contribution in [-0.2, 0) is 11.2 Å². The number of fused-ring (bicyclic) bond motifs is 1. The molecule has 6 nitrogen and oxygen atoms in total. The minimum absolute atomic E-state index is 0.0326. The Morgan fingerprint density at radius 3 is 3.03 bits per heavy atom. The molecule has 0 atom stereocenters. The smallest absolute Gasteiger partial charge is 0.159 e. The number of benzene rings is 2. The Balaban J connectivity index is 2.19. The Labute approximate surface area is 208 Å². The van der Waals surface area contributed by atoms with Crippen molar-refractivity contribution in [2.24, 2.45) is 0 Å². The number of likely N-dealkylation sites (N-methyl/N-ethyl adjacent to an activating group) is 1. The molecule has 0 saturated heterocycles. The highest BCUT2D eigenvalue weighted by Gasteiger charge is 2.16. The summed E-state index contributed by atoms with van der Waals surface area (Å²) in [5.74, 6) is -1.93. The molecule has 1 N–H and O–H groups in total. The molecule has 0 amide bonds. The number of pyridine rings is 1. The van der Waals surface area contributed by atoms with Gasteiger partial charge in [-0.3, -0.25) is 9.78 Å². The Morgan fingerprint density at radius 2 is 2.30 bits per heavy atom. The van der Waals surface area contributed by atoms with Crippen LogP contribution in [0.25, 0.3) is 10.9 Å². The first-order valence-electron chi connectivity index (χ1n) is 15.1. The number of anilines is 2. The van der Waals surface area contributed by atoms with Crippen LogP contribution in [0.1, 0.15) is 38.6 Å². The van der Waals surface area contributed by atoms with E-state index in [-0.39, 0.29) is 27.7 Å². The summed E-state index contributed by atoms with van der Waals surface area (Å²) in [6.45, 7) is -10.6. The van der Waals surface area contributed by atoms with E-state index in [0.29, 0.717) is 22.2 Å². The van der Waals surface area contributed by atoms with E-state index in [1.807, 2.05) is 6.07 Å². The van der Waals surface area contributed by atoms with Crippen LogP contribution in [0.4, 0.5) is 15.8 Å². The van der Waals surface area contributed by atoms with Crippen LogP contribution >= 0.6 is 0 Å². The molecule has 1 heterocycles. The highest BCUT2D eigenvalue weighted by molar-refractivity contribution is 5.98. The van der Waals surface area contributed by atoms with E-state index in [0.717, 1.165) is 13.1 Å². The minimum Gasteiger partial charge on any atom is -0.494 e. The van der Waals surface area contributed by atoms with Gasteiger partial charge in [0.15, 0.2) is 5.78 Å². The lowest BCUT2D eigenvalue weighted by atomic mass is 10.0. The number of hydrogen-bond acceptors (Lipinski definition) is 6. The number of rotatable bonds is 9. The molecule has 0 radical (unpaired) electrons. The third-order valence-corrected chi connectivity index (χ3v) is 4.60. The Hall–Kier alpha value is -3.76. The summed E-state index contributed by atoms with van der Waals surface area (Å²) in [5.41, 5.74) is 0.843. The molecule has 3 aromatic rings. The number of ether oxygens (including phenoxy) is 1. The zero-order chi connectivity index (χ0) is 33.4. The first-order valence-corrected chi connectivity index (χ1v) is 9.62. The summed E-state index contributed by atoms with van der Waals surface area (Å²) in [6, 6.07) is 7.60. The summed E-state index contributed by atoms with van der Waals surface area (Å²) >= 11 is 0. The number of carbonyl (C=O) groups is 1. The van der Waals surface area contributed by atoms with Crippen molar-refractivity contribution in [1.82, 2.24) is 9.88 Å². The molecule has 0 fully saturated rings. The molecule has 170 valence electrons. The number of ketones is 1. The molecule has 0 aliphatic rings. The third-order valence-electron chi connectivity index (χ3n) is 4.60. The number of aromatic nitrogens is 1. The van der Waals surface area contributed by atoms with Gasteiger partial charge in [0.25, 0.3) is 0 Å². The van der Waals surface area contributed by atoms with E-state index in [4.69, 9.17) is 19.8 Å². The van der Waals surface area contributed by atoms with Crippen LogP contribution in [0.15, 0.2) is 48.7 Å². The third kappa shape index (κ3) is 5.93. The van der Waals surface area contributed by atoms with Crippen LogP contribution in [0.2, 0.25) is 0 Å². The summed E-state index contributed by atoms with van der Waals surface area (Å²) in [7, 11) is 0.949. The molecule has 2 aromatic carbocycles. The predicted octanol–water partition coefficient (Wildman–Crippen LogP) is 4.93. The highest BCUT2D eigenvalue weighted by atomic mass is 19.1. The maximum absolute atomic E-state index is 13.9. The second-order valence-electron chi connectivity index (χ2n) is 7.01. The average Bonchev–Trinajstić information content (AvgIpc) is 2.89. The number of allylic oxidation sites excluding steroid dienone is 1. The van der Waals surface area contributed by atoms with Gasteiger partial charge in [-0.1, -0.05) is 6.08 Å². The van der Waals surface area contributed by atoms with Gasteiger partial charge in [0, 0.05) is 52.8 Å². The molecule has 7 heteroatoms. The van der Waals surface area contributed by atoms with Crippen LogP contribution in [0.5, 0.6) is 5.75 Å². The number of hydrogen-bond donors (Lipinski definition) is 1. The van der Waals surface area contributed by atoms with Crippen LogP contribution in [0, 0.1) is 24.1 Å². The normalized spacial score (nSPS) is 18.0. The fraction of sp³-hybridized carbons (Fsp3) is 0.269. The van der Waals surface area contributed by atoms with E-state index in [9.17, 15) is 14.4 Å². The van der Waals surface area contributed by atoms with Gasteiger partial charge in [-0.05, 0) is 63.7 Å². The summed E-state index contributed by atoms with van der Waals surface area (Å²) in [6.07, 6.45) is 0.962. The molecular formula is C26H27FN4O2. The van der Waals surface area contributed by atoms with Crippen LogP contribution in [-0.4, -0.2) is 42.7 Å². The van der Waals surface area contributed by atoms with E-state index >= 15 is 0 Å². The molecule has 0 aliphatic heterocycles. The minimum atomic E-state index is -3.26. The van der Waals surface area contributed by atoms with E-state index in [1.165, 1.54) is 37.4 Å². The Kier molecular flexibility index (Phi) is 4.24. The molecule has 0 spiro atoms. The standard InChI is InChI=1S/C26H27FN4O2/c1-5-33-25-14-24-22(13-18(25)12-21(32)7-6-10-31(3)4)26(19(15-28)16-29-24)30-20-8-9-23(27)17(2)11-20/h6-9,11,13-14,16H,5,10,12H2,1-4H3,(H,29,30)/b7-6+/i1D3,3D3,5D2,7D,10D2. The van der Waals surface area contributed by atoms with Crippen LogP contribution < -0.4 is 10.1 Å². The van der Waals surface area contributed by atoms with E-state index < -0.39 is 56.7 Å². The average molecular weight is 458 g/mol. The fourth-order valence-electron chi connectivity index (χ4n) is 3.07. The predicted molar refractivity (Wildman–Crippen MR) is 128 cm³/mol. The summed E-state index contributed by atoms with van der Waals surface area (Å²) in [4.78, 5) is 17.6. The lowest BCUT2D eigenvalue weighted by Crippen LogP contribution is -2.11. The van der Waals surface area contributed by atoms with Gasteiger partial charge in [0.05, 0.1) is 27.4 Å². The number of nitrogens with one attached hydrogen (secondary N) is 1. The topological polar surface area (TPSA) is 78.3 Å². The molecule has 3 rings (SSSR count). The molecule has 0 saturated carbocycles. The SMILES string of the molecule is [2H]/C(=C\C([2H])([2H])N(C)C([2H])([2H])[2H])C(=O)Cc1cc2c(Nc3ccc(F)c(C)c3)c(C#N)cnc2cc1OC([2H])([2H])C([2H])([2H])[2H].